The van der Waals surface area contributed by atoms with E-state index >= 15 is 0 Å². The summed E-state index contributed by atoms with van der Waals surface area (Å²) in [5.74, 6) is 1.37. The van der Waals surface area contributed by atoms with Crippen LogP contribution < -0.4 is 10.1 Å². The number of amides is 1. The number of ether oxygens (including phenoxy) is 1. The van der Waals surface area contributed by atoms with Crippen LogP contribution in [0.25, 0.3) is 0 Å². The van der Waals surface area contributed by atoms with Crippen LogP contribution in [-0.2, 0) is 11.2 Å². The van der Waals surface area contributed by atoms with E-state index in [4.69, 9.17) is 4.74 Å². The Balaban J connectivity index is 1.48. The Kier molecular flexibility index (Phi) is 4.95. The lowest BCUT2D eigenvalue weighted by atomic mass is 9.99. The van der Waals surface area contributed by atoms with Gasteiger partial charge in [0.15, 0.2) is 0 Å². The van der Waals surface area contributed by atoms with Gasteiger partial charge in [0.05, 0.1) is 0 Å². The summed E-state index contributed by atoms with van der Waals surface area (Å²) in [7, 11) is 0. The summed E-state index contributed by atoms with van der Waals surface area (Å²) in [6.45, 7) is 3.90. The van der Waals surface area contributed by atoms with Gasteiger partial charge in [-0.2, -0.15) is 0 Å². The van der Waals surface area contributed by atoms with Crippen LogP contribution >= 0.6 is 0 Å². The standard InChI is InChI=1S/C17H24N2O3/c20-12-13-2-1-7-19(11-13)8-9-22-15-4-5-16-14(10-15)3-6-17(21)18-16/h4-5,10,13,20H,1-3,6-9,11-12H2,(H,18,21). The number of aliphatic hydroxyl groups is 1. The van der Waals surface area contributed by atoms with Crippen molar-refractivity contribution < 1.29 is 14.6 Å². The Morgan fingerprint density at radius 3 is 3.14 bits per heavy atom. The number of nitrogens with one attached hydrogen (secondary N) is 1. The highest BCUT2D eigenvalue weighted by Gasteiger charge is 2.19. The molecule has 1 aromatic carbocycles. The molecule has 1 unspecified atom stereocenters. The summed E-state index contributed by atoms with van der Waals surface area (Å²) in [6, 6.07) is 5.86. The molecule has 5 nitrogen and oxygen atoms in total. The van der Waals surface area contributed by atoms with E-state index in [2.05, 4.69) is 10.2 Å². The van der Waals surface area contributed by atoms with E-state index in [-0.39, 0.29) is 12.5 Å². The first-order valence-corrected chi connectivity index (χ1v) is 8.13. The lowest BCUT2D eigenvalue weighted by Gasteiger charge is -2.31. The molecule has 5 heteroatoms. The van der Waals surface area contributed by atoms with Gasteiger partial charge in [0.1, 0.15) is 12.4 Å². The van der Waals surface area contributed by atoms with Crippen LogP contribution in [0.4, 0.5) is 5.69 Å². The Bertz CT molecular complexity index is 533. The Morgan fingerprint density at radius 2 is 2.27 bits per heavy atom. The van der Waals surface area contributed by atoms with Crippen molar-refractivity contribution in [2.45, 2.75) is 25.7 Å². The molecule has 0 bridgehead atoms. The largest absolute Gasteiger partial charge is 0.492 e. The van der Waals surface area contributed by atoms with E-state index in [9.17, 15) is 9.90 Å². The number of hydrogen-bond donors (Lipinski definition) is 2. The molecule has 3 rings (SSSR count). The number of nitrogens with zero attached hydrogens (tertiary/aromatic N) is 1. The van der Waals surface area contributed by atoms with Crippen LogP contribution in [0, 0.1) is 5.92 Å². The fourth-order valence-corrected chi connectivity index (χ4v) is 3.25. The van der Waals surface area contributed by atoms with Gasteiger partial charge in [0, 0.05) is 31.8 Å². The lowest BCUT2D eigenvalue weighted by molar-refractivity contribution is -0.116. The monoisotopic (exact) mass is 304 g/mol. The Morgan fingerprint density at radius 1 is 1.36 bits per heavy atom. The molecule has 120 valence electrons. The zero-order valence-corrected chi connectivity index (χ0v) is 12.9. The molecular formula is C17H24N2O3. The minimum absolute atomic E-state index is 0.0877. The number of benzene rings is 1. The fraction of sp³-hybridized carbons (Fsp3) is 0.588. The summed E-state index contributed by atoms with van der Waals surface area (Å²) in [6.07, 6.45) is 3.61. The number of aliphatic hydroxyl groups excluding tert-OH is 1. The maximum atomic E-state index is 11.3. The molecule has 0 aromatic heterocycles. The van der Waals surface area contributed by atoms with Crippen LogP contribution in [0.15, 0.2) is 18.2 Å². The first kappa shape index (κ1) is 15.3. The number of anilines is 1. The molecule has 1 aromatic rings. The molecule has 0 saturated carbocycles. The molecule has 1 atom stereocenters. The van der Waals surface area contributed by atoms with Gasteiger partial charge >= 0.3 is 0 Å². The molecule has 1 fully saturated rings. The quantitative estimate of drug-likeness (QED) is 0.868. The van der Waals surface area contributed by atoms with Crippen LogP contribution in [-0.4, -0.2) is 48.8 Å². The first-order chi connectivity index (χ1) is 10.7. The molecule has 0 spiro atoms. The summed E-state index contributed by atoms with van der Waals surface area (Å²) >= 11 is 0. The maximum Gasteiger partial charge on any atom is 0.224 e. The third kappa shape index (κ3) is 3.78. The van der Waals surface area contributed by atoms with E-state index in [1.165, 1.54) is 0 Å². The summed E-state index contributed by atoms with van der Waals surface area (Å²) in [5, 5.41) is 12.1. The lowest BCUT2D eigenvalue weighted by Crippen LogP contribution is -2.39. The normalized spacial score (nSPS) is 22.0. The number of hydrogen-bond acceptors (Lipinski definition) is 4. The minimum atomic E-state index is 0.0877. The predicted octanol–water partition coefficient (Wildman–Crippen LogP) is 1.65. The van der Waals surface area contributed by atoms with Gasteiger partial charge in [-0.15, -0.1) is 0 Å². The SMILES string of the molecule is O=C1CCc2cc(OCCN3CCCC(CO)C3)ccc2N1. The molecule has 0 radical (unpaired) electrons. The van der Waals surface area contributed by atoms with E-state index in [0.717, 1.165) is 55.9 Å². The number of piperidine rings is 1. The first-order valence-electron chi connectivity index (χ1n) is 8.13. The van der Waals surface area contributed by atoms with Gasteiger partial charge < -0.3 is 15.2 Å². The second-order valence-electron chi connectivity index (χ2n) is 6.21. The van der Waals surface area contributed by atoms with Gasteiger partial charge in [-0.25, -0.2) is 0 Å². The van der Waals surface area contributed by atoms with Crippen LogP contribution in [0.3, 0.4) is 0 Å². The smallest absolute Gasteiger partial charge is 0.224 e. The number of fused-ring (bicyclic) bond motifs is 1. The Labute approximate surface area is 131 Å². The second-order valence-corrected chi connectivity index (χ2v) is 6.21. The fourth-order valence-electron chi connectivity index (χ4n) is 3.25. The molecule has 2 N–H and O–H groups in total. The van der Waals surface area contributed by atoms with Gasteiger partial charge in [0.25, 0.3) is 0 Å². The van der Waals surface area contributed by atoms with Crippen LogP contribution in [0.2, 0.25) is 0 Å². The minimum Gasteiger partial charge on any atom is -0.492 e. The molecular weight excluding hydrogens is 280 g/mol. The molecule has 2 heterocycles. The van der Waals surface area contributed by atoms with Crippen molar-refractivity contribution in [1.29, 1.82) is 0 Å². The van der Waals surface area contributed by atoms with Gasteiger partial charge in [-0.05, 0) is 55.5 Å². The van der Waals surface area contributed by atoms with E-state index in [1.54, 1.807) is 0 Å². The predicted molar refractivity (Wildman–Crippen MR) is 85.1 cm³/mol. The molecule has 0 aliphatic carbocycles. The Hall–Kier alpha value is -1.59. The van der Waals surface area contributed by atoms with Crippen molar-refractivity contribution >= 4 is 11.6 Å². The second kappa shape index (κ2) is 7.11. The molecule has 2 aliphatic rings. The third-order valence-corrected chi connectivity index (χ3v) is 4.51. The average Bonchev–Trinajstić information content (AvgIpc) is 2.55. The van der Waals surface area contributed by atoms with Crippen molar-refractivity contribution in [3.8, 4) is 5.75 Å². The molecule has 1 saturated heterocycles. The number of carbonyl (C=O) groups excluding carboxylic acids is 1. The third-order valence-electron chi connectivity index (χ3n) is 4.51. The highest BCUT2D eigenvalue weighted by Crippen LogP contribution is 2.26. The van der Waals surface area contributed by atoms with Gasteiger partial charge in [0.2, 0.25) is 5.91 Å². The zero-order valence-electron chi connectivity index (χ0n) is 12.9. The molecule has 2 aliphatic heterocycles. The van der Waals surface area contributed by atoms with Crippen molar-refractivity contribution in [1.82, 2.24) is 4.90 Å². The highest BCUT2D eigenvalue weighted by molar-refractivity contribution is 5.93. The topological polar surface area (TPSA) is 61.8 Å². The van der Waals surface area contributed by atoms with Gasteiger partial charge in [-0.1, -0.05) is 0 Å². The summed E-state index contributed by atoms with van der Waals surface area (Å²) in [5.41, 5.74) is 2.06. The van der Waals surface area contributed by atoms with Crippen LogP contribution in [0.1, 0.15) is 24.8 Å². The van der Waals surface area contributed by atoms with Crippen molar-refractivity contribution in [2.24, 2.45) is 5.92 Å². The number of aryl methyl sites for hydroxylation is 1. The van der Waals surface area contributed by atoms with E-state index in [0.29, 0.717) is 18.9 Å². The number of carbonyl (C=O) groups is 1. The van der Waals surface area contributed by atoms with Crippen molar-refractivity contribution in [3.05, 3.63) is 23.8 Å². The maximum absolute atomic E-state index is 11.3. The van der Waals surface area contributed by atoms with Gasteiger partial charge in [-0.3, -0.25) is 9.69 Å². The molecule has 1 amide bonds. The molecule has 22 heavy (non-hydrogen) atoms. The average molecular weight is 304 g/mol. The van der Waals surface area contributed by atoms with Crippen molar-refractivity contribution in [2.75, 3.05) is 38.2 Å². The number of rotatable bonds is 5. The van der Waals surface area contributed by atoms with E-state index in [1.807, 2.05) is 18.2 Å². The van der Waals surface area contributed by atoms with E-state index < -0.39 is 0 Å². The summed E-state index contributed by atoms with van der Waals surface area (Å²) in [4.78, 5) is 13.7. The van der Waals surface area contributed by atoms with Crippen LogP contribution in [0.5, 0.6) is 5.75 Å². The van der Waals surface area contributed by atoms with Crippen molar-refractivity contribution in [3.63, 3.8) is 0 Å². The number of likely N-dealkylation sites (tertiary alicyclic amines) is 1. The highest BCUT2D eigenvalue weighted by atomic mass is 16.5. The zero-order chi connectivity index (χ0) is 15.4. The summed E-state index contributed by atoms with van der Waals surface area (Å²) < 4.78 is 5.85.